The number of aryl methyl sites for hydroxylation is 1. The number of carbonyl (C=O) groups is 1. The Hall–Kier alpha value is -2.11. The van der Waals surface area contributed by atoms with Crippen LogP contribution in [0.25, 0.3) is 0 Å². The summed E-state index contributed by atoms with van der Waals surface area (Å²) in [6.07, 6.45) is 6.33. The van der Waals surface area contributed by atoms with Gasteiger partial charge in [-0.1, -0.05) is 6.42 Å². The van der Waals surface area contributed by atoms with Crippen LogP contribution < -0.4 is 0 Å². The highest BCUT2D eigenvalue weighted by molar-refractivity contribution is 5.95. The molecule has 1 amide bonds. The second-order valence-electron chi connectivity index (χ2n) is 6.63. The van der Waals surface area contributed by atoms with Crippen LogP contribution in [0.4, 0.5) is 0 Å². The number of amides is 1. The summed E-state index contributed by atoms with van der Waals surface area (Å²) in [5, 5.41) is 12.0. The van der Waals surface area contributed by atoms with E-state index in [9.17, 15) is 4.79 Å². The number of hydrogen-bond acceptors (Lipinski definition) is 3. The van der Waals surface area contributed by atoms with Crippen LogP contribution in [0, 0.1) is 6.92 Å². The molecule has 1 fully saturated rings. The van der Waals surface area contributed by atoms with Gasteiger partial charge in [0.05, 0.1) is 17.5 Å². The third-order valence-electron chi connectivity index (χ3n) is 5.38. The first kappa shape index (κ1) is 14.5. The summed E-state index contributed by atoms with van der Waals surface area (Å²) in [6.45, 7) is 6.22. The van der Waals surface area contributed by atoms with Gasteiger partial charge in [-0.2, -0.15) is 10.2 Å². The van der Waals surface area contributed by atoms with Crippen molar-refractivity contribution in [2.75, 3.05) is 6.54 Å². The predicted octanol–water partition coefficient (Wildman–Crippen LogP) is 2.40. The lowest BCUT2D eigenvalue weighted by Gasteiger charge is -2.30. The largest absolute Gasteiger partial charge is 0.334 e. The topological polar surface area (TPSA) is 66.8 Å². The number of carbonyl (C=O) groups excluding carboxylic acids is 1. The second-order valence-corrected chi connectivity index (χ2v) is 6.63. The molecule has 1 saturated carbocycles. The van der Waals surface area contributed by atoms with E-state index in [1.165, 1.54) is 36.2 Å². The average molecular weight is 313 g/mol. The minimum absolute atomic E-state index is 0.0913. The summed E-state index contributed by atoms with van der Waals surface area (Å²) in [5.41, 5.74) is 5.36. The lowest BCUT2D eigenvalue weighted by Crippen LogP contribution is -2.36. The maximum atomic E-state index is 12.9. The summed E-state index contributed by atoms with van der Waals surface area (Å²) in [6, 6.07) is 0. The van der Waals surface area contributed by atoms with E-state index in [4.69, 9.17) is 0 Å². The normalized spacial score (nSPS) is 17.9. The molecule has 6 heteroatoms. The van der Waals surface area contributed by atoms with Gasteiger partial charge in [0.1, 0.15) is 0 Å². The number of nitrogens with zero attached hydrogens (tertiary/aromatic N) is 4. The number of fused-ring (bicyclic) bond motifs is 1. The van der Waals surface area contributed by atoms with Crippen molar-refractivity contribution in [1.29, 1.82) is 0 Å². The molecule has 2 aliphatic rings. The molecule has 0 saturated heterocycles. The molecule has 1 aliphatic carbocycles. The highest BCUT2D eigenvalue weighted by Gasteiger charge is 2.31. The fraction of sp³-hybridized carbons (Fsp3) is 0.588. The zero-order valence-electron chi connectivity index (χ0n) is 13.8. The van der Waals surface area contributed by atoms with Crippen LogP contribution in [-0.4, -0.2) is 37.3 Å². The van der Waals surface area contributed by atoms with Crippen LogP contribution in [0.5, 0.6) is 0 Å². The molecule has 1 aliphatic heterocycles. The molecule has 1 N–H and O–H groups in total. The van der Waals surface area contributed by atoms with Gasteiger partial charge in [-0.25, -0.2) is 0 Å². The molecular formula is C17H23N5O. The smallest absolute Gasteiger partial charge is 0.257 e. The lowest BCUT2D eigenvalue weighted by atomic mass is 9.80. The number of rotatable bonds is 3. The SMILES string of the molecule is CCn1ncc(C(=O)N2CCc3[nH]nc(C4CCC4)c3C2)c1C. The molecule has 23 heavy (non-hydrogen) atoms. The Morgan fingerprint density at radius 1 is 1.43 bits per heavy atom. The van der Waals surface area contributed by atoms with Gasteiger partial charge in [-0.3, -0.25) is 14.6 Å². The summed E-state index contributed by atoms with van der Waals surface area (Å²) in [4.78, 5) is 14.8. The Labute approximate surface area is 135 Å². The van der Waals surface area contributed by atoms with Gasteiger partial charge in [0, 0.05) is 48.9 Å². The van der Waals surface area contributed by atoms with E-state index < -0.39 is 0 Å². The van der Waals surface area contributed by atoms with Crippen LogP contribution in [0.3, 0.4) is 0 Å². The van der Waals surface area contributed by atoms with Crippen LogP contribution in [0.1, 0.15) is 65.1 Å². The fourth-order valence-corrected chi connectivity index (χ4v) is 3.66. The van der Waals surface area contributed by atoms with Gasteiger partial charge in [0.25, 0.3) is 5.91 Å². The van der Waals surface area contributed by atoms with Crippen LogP contribution >= 0.6 is 0 Å². The summed E-state index contributed by atoms with van der Waals surface area (Å²) < 4.78 is 1.88. The third-order valence-corrected chi connectivity index (χ3v) is 5.38. The molecule has 0 spiro atoms. The van der Waals surface area contributed by atoms with E-state index in [1.54, 1.807) is 6.20 Å². The molecule has 0 atom stereocenters. The van der Waals surface area contributed by atoms with Crippen LogP contribution in [0.15, 0.2) is 6.20 Å². The van der Waals surface area contributed by atoms with Gasteiger partial charge in [0.2, 0.25) is 0 Å². The zero-order valence-corrected chi connectivity index (χ0v) is 13.8. The van der Waals surface area contributed by atoms with E-state index >= 15 is 0 Å². The van der Waals surface area contributed by atoms with E-state index in [-0.39, 0.29) is 5.91 Å². The monoisotopic (exact) mass is 313 g/mol. The van der Waals surface area contributed by atoms with Gasteiger partial charge >= 0.3 is 0 Å². The zero-order chi connectivity index (χ0) is 16.0. The second kappa shape index (κ2) is 5.51. The van der Waals surface area contributed by atoms with E-state index in [0.29, 0.717) is 12.5 Å². The Morgan fingerprint density at radius 3 is 2.91 bits per heavy atom. The summed E-state index contributed by atoms with van der Waals surface area (Å²) in [5.74, 6) is 0.684. The van der Waals surface area contributed by atoms with Crippen molar-refractivity contribution < 1.29 is 4.79 Å². The molecular weight excluding hydrogens is 290 g/mol. The molecule has 0 bridgehead atoms. The number of hydrogen-bond donors (Lipinski definition) is 1. The summed E-state index contributed by atoms with van der Waals surface area (Å²) >= 11 is 0. The maximum Gasteiger partial charge on any atom is 0.257 e. The van der Waals surface area contributed by atoms with Crippen molar-refractivity contribution >= 4 is 5.91 Å². The molecule has 3 heterocycles. The van der Waals surface area contributed by atoms with Gasteiger partial charge in [0.15, 0.2) is 0 Å². The molecule has 0 aromatic carbocycles. The van der Waals surface area contributed by atoms with E-state index in [0.717, 1.165) is 30.8 Å². The van der Waals surface area contributed by atoms with E-state index in [1.807, 2.05) is 23.4 Å². The molecule has 0 radical (unpaired) electrons. The van der Waals surface area contributed by atoms with Crippen molar-refractivity contribution in [3.63, 3.8) is 0 Å². The highest BCUT2D eigenvalue weighted by Crippen LogP contribution is 2.39. The number of nitrogens with one attached hydrogen (secondary N) is 1. The number of H-pyrrole nitrogens is 1. The van der Waals surface area contributed by atoms with Crippen molar-refractivity contribution in [2.45, 2.75) is 58.5 Å². The summed E-state index contributed by atoms with van der Waals surface area (Å²) in [7, 11) is 0. The standard InChI is InChI=1S/C17H23N5O/c1-3-22-11(2)13(9-18-22)17(23)21-8-7-15-14(10-21)16(20-19-15)12-5-4-6-12/h9,12H,3-8,10H2,1-2H3,(H,19,20). The van der Waals surface area contributed by atoms with Gasteiger partial charge < -0.3 is 4.90 Å². The van der Waals surface area contributed by atoms with Crippen molar-refractivity contribution in [1.82, 2.24) is 24.9 Å². The Morgan fingerprint density at radius 2 is 2.26 bits per heavy atom. The Kier molecular flexibility index (Phi) is 3.47. The molecule has 6 nitrogen and oxygen atoms in total. The maximum absolute atomic E-state index is 12.9. The van der Waals surface area contributed by atoms with Crippen LogP contribution in [0.2, 0.25) is 0 Å². The number of aromatic amines is 1. The van der Waals surface area contributed by atoms with E-state index in [2.05, 4.69) is 15.3 Å². The first-order valence-corrected chi connectivity index (χ1v) is 8.56. The van der Waals surface area contributed by atoms with Gasteiger partial charge in [-0.05, 0) is 26.7 Å². The molecule has 2 aromatic heterocycles. The van der Waals surface area contributed by atoms with Crippen molar-refractivity contribution in [3.8, 4) is 0 Å². The highest BCUT2D eigenvalue weighted by atomic mass is 16.2. The Bertz CT molecular complexity index is 740. The first-order valence-electron chi connectivity index (χ1n) is 8.56. The Balaban J connectivity index is 1.58. The van der Waals surface area contributed by atoms with Crippen LogP contribution in [-0.2, 0) is 19.5 Å². The molecule has 0 unspecified atom stereocenters. The van der Waals surface area contributed by atoms with Gasteiger partial charge in [-0.15, -0.1) is 0 Å². The lowest BCUT2D eigenvalue weighted by molar-refractivity contribution is 0.0732. The molecule has 122 valence electrons. The van der Waals surface area contributed by atoms with Crippen molar-refractivity contribution in [2.24, 2.45) is 0 Å². The predicted molar refractivity (Wildman–Crippen MR) is 86.3 cm³/mol. The fourth-order valence-electron chi connectivity index (χ4n) is 3.66. The first-order chi connectivity index (χ1) is 11.2. The minimum Gasteiger partial charge on any atom is -0.334 e. The minimum atomic E-state index is 0.0913. The average Bonchev–Trinajstić information content (AvgIpc) is 3.08. The molecule has 2 aromatic rings. The number of aromatic nitrogens is 4. The van der Waals surface area contributed by atoms with Crippen molar-refractivity contribution in [3.05, 3.63) is 34.4 Å². The molecule has 4 rings (SSSR count). The quantitative estimate of drug-likeness (QED) is 0.946. The third kappa shape index (κ3) is 2.28.